The number of nitrogens with two attached hydrogens (primary N) is 1. The smallest absolute Gasteiger partial charge is 0.214 e. The van der Waals surface area contributed by atoms with Crippen molar-refractivity contribution in [2.75, 3.05) is 18.9 Å². The molecule has 2 aromatic heterocycles. The maximum atomic E-state index is 14.0. The Balaban J connectivity index is 0.000000225. The summed E-state index contributed by atoms with van der Waals surface area (Å²) in [6.07, 6.45) is 1.27. The lowest BCUT2D eigenvalue weighted by atomic mass is 10.1. The van der Waals surface area contributed by atoms with E-state index in [0.717, 1.165) is 20.9 Å². The van der Waals surface area contributed by atoms with E-state index in [1.165, 1.54) is 32.9 Å². The second-order valence-corrected chi connectivity index (χ2v) is 17.9. The van der Waals surface area contributed by atoms with Crippen LogP contribution < -0.4 is 31.1 Å². The Morgan fingerprint density at radius 2 is 1.48 bits per heavy atom. The average molecular weight is 898 g/mol. The number of aromatic amines is 1. The second kappa shape index (κ2) is 18.3. The molecule has 1 fully saturated rings. The second-order valence-electron chi connectivity index (χ2n) is 14.8. The van der Waals surface area contributed by atoms with Gasteiger partial charge in [0.05, 0.1) is 34.2 Å². The van der Waals surface area contributed by atoms with Crippen LogP contribution in [0.4, 0.5) is 10.2 Å². The number of carbonyl (C=O) groups excluding carboxylic acids is 1. The average Bonchev–Trinajstić information content (AvgIpc) is 3.98. The number of anilines is 1. The van der Waals surface area contributed by atoms with Gasteiger partial charge in [-0.2, -0.15) is 5.10 Å². The van der Waals surface area contributed by atoms with Gasteiger partial charge < -0.3 is 29.7 Å². The van der Waals surface area contributed by atoms with E-state index < -0.39 is 19.5 Å². The molecule has 1 saturated heterocycles. The summed E-state index contributed by atoms with van der Waals surface area (Å²) in [5.74, 6) is 0.0546. The van der Waals surface area contributed by atoms with Gasteiger partial charge >= 0.3 is 0 Å². The zero-order chi connectivity index (χ0) is 42.5. The lowest BCUT2D eigenvalue weighted by molar-refractivity contribution is -0.141. The van der Waals surface area contributed by atoms with Crippen LogP contribution in [0.1, 0.15) is 35.5 Å². The first-order valence-corrected chi connectivity index (χ1v) is 21.8. The van der Waals surface area contributed by atoms with Gasteiger partial charge in [0, 0.05) is 10.9 Å². The summed E-state index contributed by atoms with van der Waals surface area (Å²) in [5.41, 5.74) is 9.15. The Morgan fingerprint density at radius 1 is 0.852 bits per heavy atom. The minimum Gasteiger partial charge on any atom is -0.490 e. The number of halogens is 2. The normalized spacial score (nSPS) is 14.4. The van der Waals surface area contributed by atoms with Crippen LogP contribution in [0.2, 0.25) is 0 Å². The summed E-state index contributed by atoms with van der Waals surface area (Å²) in [6, 6.07) is 49.3. The Hall–Kier alpha value is -6.10. The van der Waals surface area contributed by atoms with Gasteiger partial charge in [0.15, 0.2) is 17.4 Å². The lowest BCUT2D eigenvalue weighted by Gasteiger charge is -2.18. The van der Waals surface area contributed by atoms with E-state index in [2.05, 4.69) is 117 Å². The molecule has 308 valence electrons. The Kier molecular flexibility index (Phi) is 12.5. The Morgan fingerprint density at radius 3 is 2.07 bits per heavy atom. The van der Waals surface area contributed by atoms with Gasteiger partial charge in [-0.3, -0.25) is 4.79 Å². The maximum Gasteiger partial charge on any atom is 0.214 e. The molecule has 12 heteroatoms. The Labute approximate surface area is 363 Å². The van der Waals surface area contributed by atoms with Crippen LogP contribution in [-0.2, 0) is 9.47 Å². The van der Waals surface area contributed by atoms with Crippen molar-refractivity contribution in [2.45, 2.75) is 32.7 Å². The summed E-state index contributed by atoms with van der Waals surface area (Å²) in [5, 5.41) is 9.36. The summed E-state index contributed by atoms with van der Waals surface area (Å²) in [7, 11) is -0.446. The van der Waals surface area contributed by atoms with Gasteiger partial charge in [0.1, 0.15) is 30.0 Å². The summed E-state index contributed by atoms with van der Waals surface area (Å²) >= 11 is 3.55. The first-order valence-electron chi connectivity index (χ1n) is 19.7. The fraction of sp³-hybridized carbons (Fsp3) is 0.143. The van der Waals surface area contributed by atoms with Crippen molar-refractivity contribution in [3.8, 4) is 22.9 Å². The third kappa shape index (κ3) is 9.61. The van der Waals surface area contributed by atoms with Gasteiger partial charge in [-0.1, -0.05) is 103 Å². The zero-order valence-corrected chi connectivity index (χ0v) is 36.2. The number of rotatable bonds is 11. The minimum atomic E-state index is -0.624. The first kappa shape index (κ1) is 41.6. The molecule has 1 aliphatic heterocycles. The molecule has 0 amide bonds. The molecule has 0 aliphatic carbocycles. The van der Waals surface area contributed by atoms with E-state index in [9.17, 15) is 9.18 Å². The molecular weight excluding hydrogens is 854 g/mol. The number of ketones is 1. The van der Waals surface area contributed by atoms with E-state index >= 15 is 0 Å². The number of H-pyrrole nitrogens is 1. The number of fused-ring (bicyclic) bond motifs is 1. The lowest BCUT2D eigenvalue weighted by Crippen LogP contribution is -2.25. The highest BCUT2D eigenvalue weighted by Crippen LogP contribution is 2.35. The highest BCUT2D eigenvalue weighted by Gasteiger charge is 2.33. The molecule has 3 heterocycles. The predicted octanol–water partition coefficient (Wildman–Crippen LogP) is 10.1. The number of nitrogens with one attached hydrogen (secondary N) is 1. The number of aryl methyl sites for hydroxylation is 1. The van der Waals surface area contributed by atoms with Crippen molar-refractivity contribution in [3.63, 3.8) is 0 Å². The fourth-order valence-corrected chi connectivity index (χ4v) is 9.75. The first-order chi connectivity index (χ1) is 29.5. The quantitative estimate of drug-likeness (QED) is 0.0982. The van der Waals surface area contributed by atoms with Crippen molar-refractivity contribution in [1.29, 1.82) is 0 Å². The van der Waals surface area contributed by atoms with E-state index in [1.54, 1.807) is 42.5 Å². The van der Waals surface area contributed by atoms with Crippen molar-refractivity contribution in [3.05, 3.63) is 185 Å². The number of nitrogens with zero attached hydrogens (tertiary/aromatic N) is 2. The summed E-state index contributed by atoms with van der Waals surface area (Å²) in [6.45, 7) is 6.35. The molecule has 0 radical (unpaired) electrons. The molecule has 8 aromatic rings. The molecule has 1 atom stereocenters. The van der Waals surface area contributed by atoms with E-state index in [0.29, 0.717) is 36.1 Å². The third-order valence-electron chi connectivity index (χ3n) is 9.96. The number of hydrogen-bond donors (Lipinski definition) is 2. The number of ether oxygens (including phenoxy) is 4. The number of hydrogen-bond acceptors (Lipinski definition) is 7. The summed E-state index contributed by atoms with van der Waals surface area (Å²) < 4.78 is 39.4. The van der Waals surface area contributed by atoms with Crippen LogP contribution in [0.15, 0.2) is 162 Å². The van der Waals surface area contributed by atoms with Crippen LogP contribution >= 0.6 is 23.9 Å². The molecule has 0 saturated carbocycles. The molecule has 1 unspecified atom stereocenters. The third-order valence-corrected chi connectivity index (χ3v) is 13.0. The molecule has 61 heavy (non-hydrogen) atoms. The van der Waals surface area contributed by atoms with Crippen LogP contribution in [0.5, 0.6) is 17.2 Å². The number of para-hydroxylation sites is 1. The van der Waals surface area contributed by atoms with Crippen LogP contribution in [-0.4, -0.2) is 45.7 Å². The van der Waals surface area contributed by atoms with Crippen LogP contribution in [0.25, 0.3) is 16.6 Å². The SMILES string of the molecule is Cc1cc(-n2ncc(C(=O)c3cc4cc(OCC5COC(C)(C)O5)c(Br)cc4[nH]3)c2N)ccc1Oc1ccccc1F.c1ccc(P(c2ccccc2)c2ccccc2)cc1. The molecule has 0 spiro atoms. The van der Waals surface area contributed by atoms with E-state index in [1.807, 2.05) is 32.9 Å². The molecule has 1 aliphatic rings. The van der Waals surface area contributed by atoms with E-state index in [4.69, 9.17) is 24.7 Å². The molecule has 3 N–H and O–H groups in total. The van der Waals surface area contributed by atoms with Gasteiger partial charge in [-0.05, 0) is 115 Å². The monoisotopic (exact) mass is 896 g/mol. The minimum absolute atomic E-state index is 0.130. The molecule has 9 rings (SSSR count). The van der Waals surface area contributed by atoms with Crippen LogP contribution in [0, 0.1) is 12.7 Å². The highest BCUT2D eigenvalue weighted by molar-refractivity contribution is 9.10. The molecule has 6 aromatic carbocycles. The van der Waals surface area contributed by atoms with Crippen molar-refractivity contribution >= 4 is 62.3 Å². The van der Waals surface area contributed by atoms with Gasteiger partial charge in [-0.25, -0.2) is 9.07 Å². The number of aromatic nitrogens is 3. The van der Waals surface area contributed by atoms with E-state index in [-0.39, 0.29) is 29.0 Å². The highest BCUT2D eigenvalue weighted by atomic mass is 79.9. The van der Waals surface area contributed by atoms with Crippen molar-refractivity contribution in [1.82, 2.24) is 14.8 Å². The Bertz CT molecular complexity index is 2690. The largest absolute Gasteiger partial charge is 0.490 e. The van der Waals surface area contributed by atoms with Crippen LogP contribution in [0.3, 0.4) is 0 Å². The topological polar surface area (TPSA) is 114 Å². The fourth-order valence-electron chi connectivity index (χ4n) is 6.98. The number of carbonyl (C=O) groups is 1. The van der Waals surface area contributed by atoms with Gasteiger partial charge in [0.25, 0.3) is 0 Å². The zero-order valence-electron chi connectivity index (χ0n) is 33.7. The molecule has 0 bridgehead atoms. The number of nitrogen functional groups attached to an aromatic ring is 1. The van der Waals surface area contributed by atoms with Crippen molar-refractivity contribution in [2.24, 2.45) is 0 Å². The van der Waals surface area contributed by atoms with Crippen molar-refractivity contribution < 1.29 is 28.1 Å². The predicted molar refractivity (Wildman–Crippen MR) is 244 cm³/mol. The number of benzene rings is 6. The maximum absolute atomic E-state index is 14.0. The molecular formula is C49H43BrFN4O5P. The molecule has 9 nitrogen and oxygen atoms in total. The van der Waals surface area contributed by atoms with Gasteiger partial charge in [-0.15, -0.1) is 0 Å². The van der Waals surface area contributed by atoms with Gasteiger partial charge in [0.2, 0.25) is 5.78 Å². The summed E-state index contributed by atoms with van der Waals surface area (Å²) in [4.78, 5) is 16.6. The standard InChI is InChI=1S/C31H28BrFN4O5.C18H15P/c1-17-10-19(8-9-26(17)41-27-7-5-4-6-23(27)33)37-30(34)21(14-35-37)29(38)25-11-18-12-28(22(32)13-24(18)36-25)39-15-20-16-40-31(2,3)42-20;1-4-10-16(11-5-1)19(17-12-6-2-7-13-17)18-14-8-3-9-15-18/h4-14,20,36H,15-16,34H2,1-3H3;1-15H.